The number of hydrogen-bond acceptors (Lipinski definition) is 3. The summed E-state index contributed by atoms with van der Waals surface area (Å²) in [6.45, 7) is 0.871. The predicted molar refractivity (Wildman–Crippen MR) is 58.0 cm³/mol. The molecule has 1 N–H and O–H groups in total. The van der Waals surface area contributed by atoms with Crippen molar-refractivity contribution < 1.29 is 14.6 Å². The van der Waals surface area contributed by atoms with Gasteiger partial charge in [0.15, 0.2) is 0 Å². The maximum atomic E-state index is 10.8. The number of ether oxygens (including phenoxy) is 1. The van der Waals surface area contributed by atoms with Crippen molar-refractivity contribution in [3.8, 4) is 0 Å². The van der Waals surface area contributed by atoms with E-state index < -0.39 is 5.97 Å². The van der Waals surface area contributed by atoms with Gasteiger partial charge in [0.25, 0.3) is 0 Å². The third kappa shape index (κ3) is 1.38. The molecule has 2 aliphatic heterocycles. The molecule has 0 aromatic heterocycles. The van der Waals surface area contributed by atoms with Crippen LogP contribution in [0.4, 0.5) is 0 Å². The number of fused-ring (bicyclic) bond motifs is 2. The number of hydrogen-bond donors (Lipinski definition) is 1. The van der Waals surface area contributed by atoms with Crippen molar-refractivity contribution >= 4 is 11.7 Å². The molecule has 0 radical (unpaired) electrons. The maximum absolute atomic E-state index is 10.8. The Balaban J connectivity index is 1.97. The van der Waals surface area contributed by atoms with E-state index in [4.69, 9.17) is 9.84 Å². The van der Waals surface area contributed by atoms with Crippen LogP contribution in [0.3, 0.4) is 0 Å². The molecule has 82 valence electrons. The predicted octanol–water partition coefficient (Wildman–Crippen LogP) is 1.66. The average molecular weight is 217 g/mol. The van der Waals surface area contributed by atoms with Gasteiger partial charge in [-0.05, 0) is 24.5 Å². The van der Waals surface area contributed by atoms with Gasteiger partial charge in [0, 0.05) is 24.3 Å². The molecule has 3 aliphatic rings. The second kappa shape index (κ2) is 3.33. The summed E-state index contributed by atoms with van der Waals surface area (Å²) in [5.41, 5.74) is 2.13. The molecule has 0 aromatic carbocycles. The molecular weight excluding hydrogens is 206 g/mol. The van der Waals surface area contributed by atoms with Gasteiger partial charge >= 0.3 is 5.97 Å². The van der Waals surface area contributed by atoms with Gasteiger partial charge in [-0.3, -0.25) is 4.99 Å². The lowest BCUT2D eigenvalue weighted by Crippen LogP contribution is -2.19. The molecule has 0 bridgehead atoms. The Bertz CT molecular complexity index is 482. The lowest BCUT2D eigenvalue weighted by atomic mass is 9.86. The molecular formula is C12H11NO3. The number of carbonyl (C=O) groups is 1. The van der Waals surface area contributed by atoms with E-state index in [-0.39, 0.29) is 5.76 Å². The van der Waals surface area contributed by atoms with Crippen LogP contribution >= 0.6 is 0 Å². The van der Waals surface area contributed by atoms with Crippen LogP contribution in [-0.4, -0.2) is 23.3 Å². The summed E-state index contributed by atoms with van der Waals surface area (Å²) in [6.07, 6.45) is 7.24. The number of nitrogens with zero attached hydrogens (tertiary/aromatic N) is 1. The van der Waals surface area contributed by atoms with E-state index in [1.165, 1.54) is 6.08 Å². The third-order valence-corrected chi connectivity index (χ3v) is 3.12. The van der Waals surface area contributed by atoms with Crippen LogP contribution in [0.25, 0.3) is 0 Å². The van der Waals surface area contributed by atoms with Crippen molar-refractivity contribution in [1.82, 2.24) is 0 Å². The third-order valence-electron chi connectivity index (χ3n) is 3.12. The van der Waals surface area contributed by atoms with Gasteiger partial charge in [-0.15, -0.1) is 0 Å². The van der Waals surface area contributed by atoms with Gasteiger partial charge < -0.3 is 9.84 Å². The van der Waals surface area contributed by atoms with E-state index in [1.54, 1.807) is 0 Å². The highest BCUT2D eigenvalue weighted by molar-refractivity contribution is 6.00. The molecule has 0 amide bonds. The minimum Gasteiger partial charge on any atom is -0.475 e. The van der Waals surface area contributed by atoms with E-state index in [0.29, 0.717) is 11.7 Å². The first kappa shape index (κ1) is 9.39. The number of aliphatic imine (C=N–C) groups is 1. The average Bonchev–Trinajstić information content (AvgIpc) is 2.71. The van der Waals surface area contributed by atoms with E-state index >= 15 is 0 Å². The zero-order chi connectivity index (χ0) is 11.1. The normalized spacial score (nSPS) is 26.6. The first-order valence-corrected chi connectivity index (χ1v) is 5.32. The molecule has 4 heteroatoms. The van der Waals surface area contributed by atoms with Crippen LogP contribution in [0.2, 0.25) is 0 Å². The van der Waals surface area contributed by atoms with Gasteiger partial charge in [0.05, 0.1) is 0 Å². The molecule has 0 spiro atoms. The fraction of sp³-hybridized carbons (Fsp3) is 0.333. The minimum absolute atomic E-state index is 0.0213. The first-order valence-electron chi connectivity index (χ1n) is 5.32. The topological polar surface area (TPSA) is 58.9 Å². The second-order valence-corrected chi connectivity index (χ2v) is 4.13. The van der Waals surface area contributed by atoms with Gasteiger partial charge in [-0.2, -0.15) is 0 Å². The largest absolute Gasteiger partial charge is 0.475 e. The quantitative estimate of drug-likeness (QED) is 0.726. The van der Waals surface area contributed by atoms with E-state index in [1.807, 2.05) is 12.2 Å². The lowest BCUT2D eigenvalue weighted by molar-refractivity contribution is -0.135. The fourth-order valence-electron chi connectivity index (χ4n) is 2.28. The zero-order valence-corrected chi connectivity index (χ0v) is 8.64. The van der Waals surface area contributed by atoms with Crippen LogP contribution < -0.4 is 0 Å². The summed E-state index contributed by atoms with van der Waals surface area (Å²) in [6, 6.07) is 0. The lowest BCUT2D eigenvalue weighted by Gasteiger charge is -2.24. The van der Waals surface area contributed by atoms with Crippen molar-refractivity contribution in [2.45, 2.75) is 12.8 Å². The number of carboxylic acids is 1. The Morgan fingerprint density at radius 2 is 2.38 bits per heavy atom. The SMILES string of the molecule is O=C(O)C1=CC=C2CC3CCN=C3C=C2O1. The fourth-order valence-corrected chi connectivity index (χ4v) is 2.28. The van der Waals surface area contributed by atoms with Crippen LogP contribution in [0.5, 0.6) is 0 Å². The van der Waals surface area contributed by atoms with Gasteiger partial charge in [0.2, 0.25) is 5.76 Å². The van der Waals surface area contributed by atoms with Crippen LogP contribution in [0.15, 0.2) is 40.3 Å². The number of allylic oxidation sites excluding steroid dienone is 4. The summed E-state index contributed by atoms with van der Waals surface area (Å²) in [5, 5.41) is 8.84. The molecule has 1 aliphatic carbocycles. The summed E-state index contributed by atoms with van der Waals surface area (Å²) in [4.78, 5) is 15.2. The maximum Gasteiger partial charge on any atom is 0.371 e. The Kier molecular flexibility index (Phi) is 1.96. The Morgan fingerprint density at radius 1 is 1.50 bits per heavy atom. The Morgan fingerprint density at radius 3 is 3.19 bits per heavy atom. The highest BCUT2D eigenvalue weighted by Gasteiger charge is 2.30. The Labute approximate surface area is 92.6 Å². The molecule has 0 aromatic rings. The summed E-state index contributed by atoms with van der Waals surface area (Å²) < 4.78 is 5.33. The van der Waals surface area contributed by atoms with Crippen molar-refractivity contribution in [3.63, 3.8) is 0 Å². The summed E-state index contributed by atoms with van der Waals surface area (Å²) >= 11 is 0. The van der Waals surface area contributed by atoms with Crippen molar-refractivity contribution in [3.05, 3.63) is 35.3 Å². The van der Waals surface area contributed by atoms with Crippen LogP contribution in [0.1, 0.15) is 12.8 Å². The van der Waals surface area contributed by atoms with Gasteiger partial charge in [-0.1, -0.05) is 6.08 Å². The highest BCUT2D eigenvalue weighted by atomic mass is 16.5. The summed E-state index contributed by atoms with van der Waals surface area (Å²) in [7, 11) is 0. The second-order valence-electron chi connectivity index (χ2n) is 4.13. The number of aliphatic carboxylic acids is 1. The smallest absolute Gasteiger partial charge is 0.371 e. The molecule has 0 fully saturated rings. The highest BCUT2D eigenvalue weighted by Crippen LogP contribution is 2.35. The number of carboxylic acid groups (broad SMARTS) is 1. The molecule has 2 heterocycles. The van der Waals surface area contributed by atoms with Gasteiger partial charge in [0.1, 0.15) is 5.76 Å². The van der Waals surface area contributed by atoms with E-state index in [9.17, 15) is 4.79 Å². The molecule has 0 saturated carbocycles. The van der Waals surface area contributed by atoms with Crippen molar-refractivity contribution in [2.24, 2.45) is 10.9 Å². The first-order chi connectivity index (χ1) is 7.74. The Hall–Kier alpha value is -1.84. The standard InChI is InChI=1S/C12H11NO3/c14-12(15)10-2-1-8-5-7-3-4-13-9(7)6-11(8)16-10/h1-2,6-7H,3-5H2,(H,14,15). The molecule has 16 heavy (non-hydrogen) atoms. The molecule has 4 nitrogen and oxygen atoms in total. The molecule has 0 saturated heterocycles. The van der Waals surface area contributed by atoms with E-state index in [2.05, 4.69) is 4.99 Å². The molecule has 1 atom stereocenters. The minimum atomic E-state index is -1.04. The zero-order valence-electron chi connectivity index (χ0n) is 8.64. The van der Waals surface area contributed by atoms with Crippen molar-refractivity contribution in [2.75, 3.05) is 6.54 Å². The molecule has 1 unspecified atom stereocenters. The van der Waals surface area contributed by atoms with E-state index in [0.717, 1.165) is 30.7 Å². The van der Waals surface area contributed by atoms with Crippen LogP contribution in [0, 0.1) is 5.92 Å². The van der Waals surface area contributed by atoms with Gasteiger partial charge in [-0.25, -0.2) is 4.79 Å². The molecule has 3 rings (SSSR count). The van der Waals surface area contributed by atoms with Crippen LogP contribution in [-0.2, 0) is 9.53 Å². The summed E-state index contributed by atoms with van der Waals surface area (Å²) in [5.74, 6) is 0.0916. The van der Waals surface area contributed by atoms with Crippen molar-refractivity contribution in [1.29, 1.82) is 0 Å². The number of rotatable bonds is 1. The monoisotopic (exact) mass is 217 g/mol.